The quantitative estimate of drug-likeness (QED) is 0.404. The highest BCUT2D eigenvalue weighted by Crippen LogP contribution is 2.51. The van der Waals surface area contributed by atoms with Gasteiger partial charge in [0.05, 0.1) is 11.5 Å². The van der Waals surface area contributed by atoms with Gasteiger partial charge in [-0.05, 0) is 72.2 Å². The minimum Gasteiger partial charge on any atom is -0.481 e. The molecular formula is C26H22FNO2S. The molecule has 1 saturated carbocycles. The first-order valence-corrected chi connectivity index (χ1v) is 11.1. The number of nitrogens with zero attached hydrogens (tertiary/aromatic N) is 1. The molecule has 0 atom stereocenters. The van der Waals surface area contributed by atoms with Gasteiger partial charge in [0, 0.05) is 16.2 Å². The summed E-state index contributed by atoms with van der Waals surface area (Å²) in [5, 5.41) is 18.2. The number of carboxylic acid groups (broad SMARTS) is 1. The number of carbonyl (C=O) groups is 1. The Morgan fingerprint density at radius 3 is 2.58 bits per heavy atom. The number of hydrogen-bond acceptors (Lipinski definition) is 3. The lowest BCUT2D eigenvalue weighted by Crippen LogP contribution is -1.97. The number of rotatable bonds is 8. The highest BCUT2D eigenvalue weighted by Gasteiger charge is 2.46. The molecule has 1 aliphatic carbocycles. The first-order chi connectivity index (χ1) is 15.0. The Kier molecular flexibility index (Phi) is 6.01. The maximum absolute atomic E-state index is 14.0. The summed E-state index contributed by atoms with van der Waals surface area (Å²) in [7, 11) is 0. The summed E-state index contributed by atoms with van der Waals surface area (Å²) in [6, 6.07) is 19.2. The van der Waals surface area contributed by atoms with Gasteiger partial charge in [-0.15, -0.1) is 11.3 Å². The molecule has 0 unspecified atom stereocenters. The second-order valence-electron chi connectivity index (χ2n) is 7.91. The van der Waals surface area contributed by atoms with Crippen LogP contribution in [0.15, 0.2) is 54.6 Å². The highest BCUT2D eigenvalue weighted by molar-refractivity contribution is 7.15. The van der Waals surface area contributed by atoms with Gasteiger partial charge in [-0.2, -0.15) is 5.26 Å². The average Bonchev–Trinajstić information content (AvgIpc) is 3.41. The molecule has 4 rings (SSSR count). The Morgan fingerprint density at radius 1 is 1.13 bits per heavy atom. The predicted octanol–water partition coefficient (Wildman–Crippen LogP) is 6.69. The fourth-order valence-electron chi connectivity index (χ4n) is 3.60. The number of nitriles is 1. The summed E-state index contributed by atoms with van der Waals surface area (Å²) in [5.74, 6) is -1.06. The van der Waals surface area contributed by atoms with Crippen molar-refractivity contribution in [2.24, 2.45) is 0 Å². The maximum atomic E-state index is 14.0. The third-order valence-electron chi connectivity index (χ3n) is 5.61. The Labute approximate surface area is 185 Å². The number of hydrogen-bond donors (Lipinski definition) is 1. The van der Waals surface area contributed by atoms with Gasteiger partial charge in [-0.3, -0.25) is 4.79 Å². The number of thiophene rings is 1. The third-order valence-corrected chi connectivity index (χ3v) is 6.93. The molecule has 0 bridgehead atoms. The van der Waals surface area contributed by atoms with Crippen LogP contribution in [0.2, 0.25) is 0 Å². The lowest BCUT2D eigenvalue weighted by atomic mass is 10.0. The van der Waals surface area contributed by atoms with E-state index in [0.29, 0.717) is 6.42 Å². The molecule has 3 aromatic rings. The lowest BCUT2D eigenvalue weighted by molar-refractivity contribution is -0.137. The van der Waals surface area contributed by atoms with E-state index in [2.05, 4.69) is 6.07 Å². The van der Waals surface area contributed by atoms with Crippen LogP contribution in [0.25, 0.3) is 22.6 Å². The largest absolute Gasteiger partial charge is 0.481 e. The SMILES string of the molecule is N#CC1(c2ccc(-c3ccc(F)cc3/C=C/c3ccc(CCCC(=O)O)cc3)s2)CC1. The van der Waals surface area contributed by atoms with Crippen molar-refractivity contribution in [3.8, 4) is 16.5 Å². The molecule has 0 aliphatic heterocycles. The number of aliphatic carboxylic acids is 1. The monoisotopic (exact) mass is 431 g/mol. The van der Waals surface area contributed by atoms with Crippen molar-refractivity contribution in [1.29, 1.82) is 5.26 Å². The molecule has 1 aromatic heterocycles. The topological polar surface area (TPSA) is 61.1 Å². The molecule has 0 spiro atoms. The van der Waals surface area contributed by atoms with Crippen LogP contribution in [0.3, 0.4) is 0 Å². The number of halogens is 1. The van der Waals surface area contributed by atoms with E-state index in [1.54, 1.807) is 17.4 Å². The molecule has 156 valence electrons. The smallest absolute Gasteiger partial charge is 0.303 e. The van der Waals surface area contributed by atoms with Crippen LogP contribution in [0, 0.1) is 17.1 Å². The minimum atomic E-state index is -0.775. The second-order valence-corrected chi connectivity index (χ2v) is 9.00. The fourth-order valence-corrected chi connectivity index (χ4v) is 4.85. The molecule has 1 fully saturated rings. The van der Waals surface area contributed by atoms with Crippen LogP contribution < -0.4 is 0 Å². The first kappa shape index (κ1) is 21.0. The molecule has 0 saturated heterocycles. The van der Waals surface area contributed by atoms with Crippen molar-refractivity contribution >= 4 is 29.5 Å². The number of carboxylic acids is 1. The molecule has 2 aromatic carbocycles. The van der Waals surface area contributed by atoms with E-state index in [0.717, 1.165) is 51.3 Å². The van der Waals surface area contributed by atoms with E-state index in [1.807, 2.05) is 48.6 Å². The van der Waals surface area contributed by atoms with Crippen molar-refractivity contribution in [2.75, 3.05) is 0 Å². The van der Waals surface area contributed by atoms with Gasteiger partial charge in [-0.1, -0.05) is 42.5 Å². The predicted molar refractivity (Wildman–Crippen MR) is 122 cm³/mol. The Bertz CT molecular complexity index is 1170. The number of aryl methyl sites for hydroxylation is 1. The Balaban J connectivity index is 1.52. The second kappa shape index (κ2) is 8.87. The molecule has 1 N–H and O–H groups in total. The van der Waals surface area contributed by atoms with Gasteiger partial charge in [0.25, 0.3) is 0 Å². The van der Waals surface area contributed by atoms with Crippen LogP contribution in [0.4, 0.5) is 4.39 Å². The van der Waals surface area contributed by atoms with Gasteiger partial charge >= 0.3 is 5.97 Å². The Hall–Kier alpha value is -3.23. The van der Waals surface area contributed by atoms with Crippen LogP contribution in [-0.4, -0.2) is 11.1 Å². The fraction of sp³-hybridized carbons (Fsp3) is 0.231. The summed E-state index contributed by atoms with van der Waals surface area (Å²) in [6.07, 6.45) is 7.20. The van der Waals surface area contributed by atoms with E-state index in [4.69, 9.17) is 5.11 Å². The van der Waals surface area contributed by atoms with Crippen LogP contribution >= 0.6 is 11.3 Å². The standard InChI is InChI=1S/C26H22FNO2S/c27-21-10-11-22(23-12-13-24(31-23)26(17-28)14-15-26)20(16-21)9-8-19-6-4-18(5-7-19)2-1-3-25(29)30/h4-13,16H,1-3,14-15H2,(H,29,30)/b9-8+. The summed E-state index contributed by atoms with van der Waals surface area (Å²) >= 11 is 1.61. The highest BCUT2D eigenvalue weighted by atomic mass is 32.1. The van der Waals surface area contributed by atoms with Crippen LogP contribution in [-0.2, 0) is 16.6 Å². The van der Waals surface area contributed by atoms with E-state index >= 15 is 0 Å². The molecule has 1 heterocycles. The summed E-state index contributed by atoms with van der Waals surface area (Å²) in [6.45, 7) is 0. The van der Waals surface area contributed by atoms with Crippen LogP contribution in [0.5, 0.6) is 0 Å². The van der Waals surface area contributed by atoms with Gasteiger partial charge in [0.2, 0.25) is 0 Å². The van der Waals surface area contributed by atoms with Crippen molar-refractivity contribution in [3.63, 3.8) is 0 Å². The average molecular weight is 432 g/mol. The normalized spacial score (nSPS) is 14.5. The maximum Gasteiger partial charge on any atom is 0.303 e. The Morgan fingerprint density at radius 2 is 1.90 bits per heavy atom. The molecule has 31 heavy (non-hydrogen) atoms. The van der Waals surface area contributed by atoms with Crippen molar-refractivity contribution < 1.29 is 14.3 Å². The van der Waals surface area contributed by atoms with Gasteiger partial charge in [0.15, 0.2) is 0 Å². The van der Waals surface area contributed by atoms with Crippen LogP contribution in [0.1, 0.15) is 47.3 Å². The summed E-state index contributed by atoms with van der Waals surface area (Å²) in [4.78, 5) is 12.8. The van der Waals surface area contributed by atoms with Gasteiger partial charge < -0.3 is 5.11 Å². The van der Waals surface area contributed by atoms with Gasteiger partial charge in [-0.25, -0.2) is 4.39 Å². The zero-order valence-electron chi connectivity index (χ0n) is 17.0. The van der Waals surface area contributed by atoms with Crippen molar-refractivity contribution in [2.45, 2.75) is 37.5 Å². The molecule has 3 nitrogen and oxygen atoms in total. The van der Waals surface area contributed by atoms with Crippen molar-refractivity contribution in [3.05, 3.63) is 82.0 Å². The molecular weight excluding hydrogens is 409 g/mol. The minimum absolute atomic E-state index is 0.171. The molecule has 0 radical (unpaired) electrons. The van der Waals surface area contributed by atoms with Crippen molar-refractivity contribution in [1.82, 2.24) is 0 Å². The third kappa shape index (κ3) is 4.92. The first-order valence-electron chi connectivity index (χ1n) is 10.3. The van der Waals surface area contributed by atoms with E-state index < -0.39 is 5.97 Å². The summed E-state index contributed by atoms with van der Waals surface area (Å²) < 4.78 is 14.0. The summed E-state index contributed by atoms with van der Waals surface area (Å²) in [5.41, 5.74) is 3.52. The van der Waals surface area contributed by atoms with E-state index in [-0.39, 0.29) is 17.7 Å². The van der Waals surface area contributed by atoms with E-state index in [9.17, 15) is 14.4 Å². The lowest BCUT2D eigenvalue weighted by Gasteiger charge is -2.06. The zero-order valence-corrected chi connectivity index (χ0v) is 17.8. The zero-order chi connectivity index (χ0) is 21.8. The molecule has 5 heteroatoms. The van der Waals surface area contributed by atoms with E-state index in [1.165, 1.54) is 12.1 Å². The molecule has 0 amide bonds. The molecule has 1 aliphatic rings. The van der Waals surface area contributed by atoms with Gasteiger partial charge in [0.1, 0.15) is 5.82 Å². The number of benzene rings is 2.